The molecule has 0 atom stereocenters. The number of hydrogen-bond donors (Lipinski definition) is 1. The fourth-order valence-corrected chi connectivity index (χ4v) is 2.26. The number of carbonyl (C=O) groups is 1. The van der Waals surface area contributed by atoms with Crippen LogP contribution in [0, 0.1) is 5.41 Å². The Morgan fingerprint density at radius 3 is 2.82 bits per heavy atom. The fraction of sp³-hybridized carbons (Fsp3) is 0.286. The van der Waals surface area contributed by atoms with E-state index in [4.69, 9.17) is 5.73 Å². The maximum atomic E-state index is 12.5. The minimum atomic E-state index is -0.288. The summed E-state index contributed by atoms with van der Waals surface area (Å²) in [5.41, 5.74) is 7.06. The molecule has 0 spiro atoms. The lowest BCUT2D eigenvalue weighted by molar-refractivity contribution is 0.0907. The van der Waals surface area contributed by atoms with Crippen LogP contribution in [0.4, 0.5) is 0 Å². The van der Waals surface area contributed by atoms with Gasteiger partial charge in [0, 0.05) is 29.1 Å². The second-order valence-corrected chi connectivity index (χ2v) is 4.69. The third-order valence-corrected chi connectivity index (χ3v) is 3.62. The van der Waals surface area contributed by atoms with Crippen molar-refractivity contribution in [1.29, 1.82) is 0 Å². The first-order valence-corrected chi connectivity index (χ1v) is 5.85. The maximum Gasteiger partial charge on any atom is 0.170 e. The van der Waals surface area contributed by atoms with Crippen molar-refractivity contribution in [2.45, 2.75) is 12.8 Å². The Bertz CT molecular complexity index is 582. The number of hydrogen-bond acceptors (Lipinski definition) is 3. The smallest absolute Gasteiger partial charge is 0.170 e. The van der Waals surface area contributed by atoms with Gasteiger partial charge in [0.2, 0.25) is 0 Å². The van der Waals surface area contributed by atoms with Crippen molar-refractivity contribution in [1.82, 2.24) is 4.98 Å². The second-order valence-electron chi connectivity index (χ2n) is 4.69. The van der Waals surface area contributed by atoms with E-state index >= 15 is 0 Å². The third kappa shape index (κ3) is 1.54. The van der Waals surface area contributed by atoms with Crippen LogP contribution in [0.15, 0.2) is 36.5 Å². The van der Waals surface area contributed by atoms with Crippen LogP contribution in [0.3, 0.4) is 0 Å². The molecule has 1 aliphatic rings. The van der Waals surface area contributed by atoms with Crippen molar-refractivity contribution in [3.8, 4) is 0 Å². The Hall–Kier alpha value is -1.74. The fourth-order valence-electron chi connectivity index (χ4n) is 2.26. The van der Waals surface area contributed by atoms with Gasteiger partial charge in [-0.15, -0.1) is 0 Å². The largest absolute Gasteiger partial charge is 0.329 e. The van der Waals surface area contributed by atoms with Crippen molar-refractivity contribution in [2.24, 2.45) is 11.1 Å². The van der Waals surface area contributed by atoms with Crippen LogP contribution in [0.1, 0.15) is 23.2 Å². The summed E-state index contributed by atoms with van der Waals surface area (Å²) in [6.45, 7) is 0.447. The number of nitrogens with zero attached hydrogens (tertiary/aromatic N) is 1. The van der Waals surface area contributed by atoms with E-state index in [1.807, 2.05) is 30.3 Å². The molecule has 1 saturated carbocycles. The predicted molar refractivity (Wildman–Crippen MR) is 66.8 cm³/mol. The van der Waals surface area contributed by atoms with Crippen LogP contribution in [0.5, 0.6) is 0 Å². The first-order valence-electron chi connectivity index (χ1n) is 5.85. The molecule has 1 aromatic carbocycles. The number of benzene rings is 1. The summed E-state index contributed by atoms with van der Waals surface area (Å²) in [4.78, 5) is 16.7. The second kappa shape index (κ2) is 3.64. The molecule has 0 unspecified atom stereocenters. The van der Waals surface area contributed by atoms with Gasteiger partial charge in [-0.1, -0.05) is 18.2 Å². The van der Waals surface area contributed by atoms with Gasteiger partial charge in [-0.2, -0.15) is 0 Å². The summed E-state index contributed by atoms with van der Waals surface area (Å²) in [6, 6.07) is 9.49. The molecular formula is C14H14N2O. The molecule has 0 radical (unpaired) electrons. The Morgan fingerprint density at radius 1 is 1.29 bits per heavy atom. The van der Waals surface area contributed by atoms with E-state index in [1.54, 1.807) is 6.20 Å². The first-order chi connectivity index (χ1) is 8.27. The Balaban J connectivity index is 2.15. The van der Waals surface area contributed by atoms with E-state index in [-0.39, 0.29) is 11.2 Å². The lowest BCUT2D eigenvalue weighted by Crippen LogP contribution is -2.25. The highest BCUT2D eigenvalue weighted by molar-refractivity contribution is 6.11. The average Bonchev–Trinajstić information content (AvgIpc) is 3.18. The number of Topliss-reactive ketones (excluding diaryl/α,β-unsaturated/α-hetero) is 1. The summed E-state index contributed by atoms with van der Waals surface area (Å²) < 4.78 is 0. The zero-order valence-corrected chi connectivity index (χ0v) is 9.52. The third-order valence-electron chi connectivity index (χ3n) is 3.62. The van der Waals surface area contributed by atoms with E-state index in [1.165, 1.54) is 0 Å². The Morgan fingerprint density at radius 2 is 2.12 bits per heavy atom. The van der Waals surface area contributed by atoms with E-state index in [0.29, 0.717) is 6.54 Å². The van der Waals surface area contributed by atoms with Crippen LogP contribution in [0.25, 0.3) is 10.9 Å². The standard InChI is InChI=1S/C14H14N2O/c15-9-14(6-7-14)13(17)11-3-1-5-12-10(11)4-2-8-16-12/h1-5,8H,6-7,9,15H2. The topological polar surface area (TPSA) is 56.0 Å². The van der Waals surface area contributed by atoms with Gasteiger partial charge in [0.25, 0.3) is 0 Å². The number of aromatic nitrogens is 1. The van der Waals surface area contributed by atoms with Crippen LogP contribution in [-0.2, 0) is 0 Å². The molecular weight excluding hydrogens is 212 g/mol. The monoisotopic (exact) mass is 226 g/mol. The van der Waals surface area contributed by atoms with Gasteiger partial charge >= 0.3 is 0 Å². The van der Waals surface area contributed by atoms with Crippen LogP contribution >= 0.6 is 0 Å². The molecule has 17 heavy (non-hydrogen) atoms. The van der Waals surface area contributed by atoms with E-state index in [9.17, 15) is 4.79 Å². The molecule has 3 rings (SSSR count). The lowest BCUT2D eigenvalue weighted by atomic mass is 9.92. The molecule has 3 nitrogen and oxygen atoms in total. The minimum Gasteiger partial charge on any atom is -0.329 e. The number of nitrogens with two attached hydrogens (primary N) is 1. The highest BCUT2D eigenvalue weighted by atomic mass is 16.1. The SMILES string of the molecule is NCC1(C(=O)c2cccc3ncccc23)CC1. The van der Waals surface area contributed by atoms with E-state index in [0.717, 1.165) is 29.3 Å². The van der Waals surface area contributed by atoms with Crippen molar-refractivity contribution >= 4 is 16.7 Å². The summed E-state index contributed by atoms with van der Waals surface area (Å²) in [6.07, 6.45) is 3.57. The number of ketones is 1. The van der Waals surface area contributed by atoms with Gasteiger partial charge in [-0.25, -0.2) is 0 Å². The summed E-state index contributed by atoms with van der Waals surface area (Å²) in [7, 11) is 0. The molecule has 0 bridgehead atoms. The highest BCUT2D eigenvalue weighted by Crippen LogP contribution is 2.47. The van der Waals surface area contributed by atoms with Crippen LogP contribution < -0.4 is 5.73 Å². The molecule has 1 aromatic heterocycles. The predicted octanol–water partition coefficient (Wildman–Crippen LogP) is 2.16. The molecule has 2 aromatic rings. The van der Waals surface area contributed by atoms with Gasteiger partial charge in [-0.05, 0) is 25.0 Å². The van der Waals surface area contributed by atoms with Crippen molar-refractivity contribution in [3.05, 3.63) is 42.1 Å². The summed E-state index contributed by atoms with van der Waals surface area (Å²) in [5, 5.41) is 0.930. The van der Waals surface area contributed by atoms with Crippen molar-refractivity contribution in [3.63, 3.8) is 0 Å². The van der Waals surface area contributed by atoms with E-state index < -0.39 is 0 Å². The number of pyridine rings is 1. The molecule has 1 heterocycles. The van der Waals surface area contributed by atoms with Gasteiger partial charge in [0.05, 0.1) is 5.52 Å². The number of rotatable bonds is 3. The van der Waals surface area contributed by atoms with Crippen molar-refractivity contribution < 1.29 is 4.79 Å². The van der Waals surface area contributed by atoms with Gasteiger partial charge in [0.15, 0.2) is 5.78 Å². The number of fused-ring (bicyclic) bond motifs is 1. The molecule has 3 heteroatoms. The molecule has 1 fully saturated rings. The number of carbonyl (C=O) groups excluding carboxylic acids is 1. The quantitative estimate of drug-likeness (QED) is 0.816. The highest BCUT2D eigenvalue weighted by Gasteiger charge is 2.48. The molecule has 2 N–H and O–H groups in total. The molecule has 1 aliphatic carbocycles. The van der Waals surface area contributed by atoms with Crippen LogP contribution in [0.2, 0.25) is 0 Å². The Kier molecular flexibility index (Phi) is 2.23. The zero-order valence-electron chi connectivity index (χ0n) is 9.52. The summed E-state index contributed by atoms with van der Waals surface area (Å²) >= 11 is 0. The first kappa shape index (κ1) is 10.4. The van der Waals surface area contributed by atoms with Gasteiger partial charge < -0.3 is 5.73 Å². The van der Waals surface area contributed by atoms with Crippen LogP contribution in [-0.4, -0.2) is 17.3 Å². The minimum absolute atomic E-state index is 0.179. The maximum absolute atomic E-state index is 12.5. The molecule has 86 valence electrons. The van der Waals surface area contributed by atoms with E-state index in [2.05, 4.69) is 4.98 Å². The Labute approximate surface area is 99.7 Å². The zero-order chi connectivity index (χ0) is 11.9. The van der Waals surface area contributed by atoms with Gasteiger partial charge in [0.1, 0.15) is 0 Å². The molecule has 0 saturated heterocycles. The molecule has 0 aliphatic heterocycles. The lowest BCUT2D eigenvalue weighted by Gasteiger charge is -2.12. The molecule has 0 amide bonds. The summed E-state index contributed by atoms with van der Waals surface area (Å²) in [5.74, 6) is 0.179. The average molecular weight is 226 g/mol. The van der Waals surface area contributed by atoms with Gasteiger partial charge in [-0.3, -0.25) is 9.78 Å². The van der Waals surface area contributed by atoms with Crippen molar-refractivity contribution in [2.75, 3.05) is 6.54 Å². The normalized spacial score (nSPS) is 17.0.